The van der Waals surface area contributed by atoms with Crippen molar-refractivity contribution < 1.29 is 5.11 Å². The fourth-order valence-corrected chi connectivity index (χ4v) is 2.23. The van der Waals surface area contributed by atoms with Crippen molar-refractivity contribution >= 4 is 0 Å². The molecule has 1 N–H and O–H groups in total. The van der Waals surface area contributed by atoms with Gasteiger partial charge in [0.2, 0.25) is 0 Å². The van der Waals surface area contributed by atoms with Gasteiger partial charge in [-0.25, -0.2) is 0 Å². The van der Waals surface area contributed by atoms with Gasteiger partial charge in [-0.3, -0.25) is 0 Å². The molecule has 1 nitrogen and oxygen atoms in total. The van der Waals surface area contributed by atoms with E-state index >= 15 is 0 Å². The molecule has 0 aromatic heterocycles. The molecule has 1 heteroatoms. The summed E-state index contributed by atoms with van der Waals surface area (Å²) in [4.78, 5) is 0. The number of aliphatic hydroxyl groups excluding tert-OH is 1. The highest BCUT2D eigenvalue weighted by Crippen LogP contribution is 2.24. The van der Waals surface area contributed by atoms with Gasteiger partial charge in [-0.2, -0.15) is 0 Å². The lowest BCUT2D eigenvalue weighted by atomic mass is 9.96. The number of aliphatic hydroxyl groups is 1. The van der Waals surface area contributed by atoms with E-state index in [0.29, 0.717) is 0 Å². The van der Waals surface area contributed by atoms with Gasteiger partial charge in [-0.15, -0.1) is 0 Å². The maximum absolute atomic E-state index is 10.4. The van der Waals surface area contributed by atoms with Crippen molar-refractivity contribution in [2.45, 2.75) is 32.8 Å². The van der Waals surface area contributed by atoms with E-state index in [4.69, 9.17) is 0 Å². The molecule has 18 heavy (non-hydrogen) atoms. The first-order valence-corrected chi connectivity index (χ1v) is 6.54. The zero-order valence-corrected chi connectivity index (χ0v) is 11.1. The first-order valence-electron chi connectivity index (χ1n) is 6.54. The highest BCUT2D eigenvalue weighted by Gasteiger charge is 2.11. The van der Waals surface area contributed by atoms with Crippen molar-refractivity contribution in [3.8, 4) is 0 Å². The third-order valence-electron chi connectivity index (χ3n) is 3.32. The van der Waals surface area contributed by atoms with Crippen molar-refractivity contribution in [2.24, 2.45) is 0 Å². The predicted octanol–water partition coefficient (Wildman–Crippen LogP) is 4.03. The molecule has 1 atom stereocenters. The van der Waals surface area contributed by atoms with Crippen LogP contribution in [0.5, 0.6) is 0 Å². The molecule has 0 radical (unpaired) electrons. The lowest BCUT2D eigenvalue weighted by Gasteiger charge is -2.14. The third-order valence-corrected chi connectivity index (χ3v) is 3.32. The maximum Gasteiger partial charge on any atom is 0.104 e. The van der Waals surface area contributed by atoms with Crippen LogP contribution in [0.2, 0.25) is 0 Å². The van der Waals surface area contributed by atoms with E-state index in [9.17, 15) is 5.11 Å². The highest BCUT2D eigenvalue weighted by atomic mass is 16.3. The molecule has 0 aliphatic rings. The second kappa shape index (κ2) is 5.83. The average Bonchev–Trinajstić information content (AvgIpc) is 2.40. The lowest BCUT2D eigenvalue weighted by molar-refractivity contribution is 0.219. The van der Waals surface area contributed by atoms with Crippen LogP contribution < -0.4 is 0 Å². The summed E-state index contributed by atoms with van der Waals surface area (Å²) >= 11 is 0. The summed E-state index contributed by atoms with van der Waals surface area (Å²) in [5, 5.41) is 10.4. The molecule has 0 spiro atoms. The third kappa shape index (κ3) is 2.80. The van der Waals surface area contributed by atoms with Gasteiger partial charge in [-0.05, 0) is 35.6 Å². The minimum absolute atomic E-state index is 0.526. The van der Waals surface area contributed by atoms with Crippen LogP contribution in [-0.2, 0) is 6.42 Å². The summed E-state index contributed by atoms with van der Waals surface area (Å²) in [5.74, 6) is 0. The Kier molecular flexibility index (Phi) is 4.16. The smallest absolute Gasteiger partial charge is 0.104 e. The number of benzene rings is 2. The number of hydrogen-bond acceptors (Lipinski definition) is 1. The molecule has 0 bridgehead atoms. The van der Waals surface area contributed by atoms with Crippen molar-refractivity contribution in [3.63, 3.8) is 0 Å². The van der Waals surface area contributed by atoms with Gasteiger partial charge in [-0.1, -0.05) is 61.9 Å². The molecule has 0 saturated heterocycles. The summed E-state index contributed by atoms with van der Waals surface area (Å²) in [6.07, 6.45) is 1.72. The Labute approximate surface area is 109 Å². The van der Waals surface area contributed by atoms with Crippen LogP contribution in [0.1, 0.15) is 41.7 Å². The Hall–Kier alpha value is -1.60. The van der Waals surface area contributed by atoms with E-state index < -0.39 is 6.10 Å². The van der Waals surface area contributed by atoms with E-state index in [1.165, 1.54) is 5.56 Å². The van der Waals surface area contributed by atoms with E-state index in [2.05, 4.69) is 19.1 Å². The summed E-state index contributed by atoms with van der Waals surface area (Å²) in [6.45, 7) is 4.21. The zero-order chi connectivity index (χ0) is 13.0. The van der Waals surface area contributed by atoms with Crippen molar-refractivity contribution in [1.29, 1.82) is 0 Å². The predicted molar refractivity (Wildman–Crippen MR) is 75.7 cm³/mol. The van der Waals surface area contributed by atoms with Crippen LogP contribution in [-0.4, -0.2) is 5.11 Å². The minimum atomic E-state index is -0.526. The van der Waals surface area contributed by atoms with Crippen LogP contribution in [0.25, 0.3) is 0 Å². The van der Waals surface area contributed by atoms with Gasteiger partial charge >= 0.3 is 0 Å². The fraction of sp³-hybridized carbons (Fsp3) is 0.294. The van der Waals surface area contributed by atoms with Crippen LogP contribution in [0.15, 0.2) is 48.5 Å². The molecule has 2 aromatic rings. The highest BCUT2D eigenvalue weighted by molar-refractivity contribution is 5.36. The van der Waals surface area contributed by atoms with Crippen LogP contribution >= 0.6 is 0 Å². The van der Waals surface area contributed by atoms with Gasteiger partial charge < -0.3 is 5.11 Å². The van der Waals surface area contributed by atoms with Gasteiger partial charge in [0.25, 0.3) is 0 Å². The molecular formula is C17H20O. The summed E-state index contributed by atoms with van der Waals surface area (Å²) < 4.78 is 0. The van der Waals surface area contributed by atoms with Crippen LogP contribution in [0.4, 0.5) is 0 Å². The number of hydrogen-bond donors (Lipinski definition) is 1. The second-order valence-corrected chi connectivity index (χ2v) is 4.75. The molecule has 94 valence electrons. The lowest BCUT2D eigenvalue weighted by Crippen LogP contribution is -2.01. The standard InChI is InChI=1S/C17H20O/c1-3-6-14-9-11-15(12-10-14)17(18)16-8-5-4-7-13(16)2/h4-5,7-12,17-18H,3,6H2,1-2H3. The second-order valence-electron chi connectivity index (χ2n) is 4.75. The largest absolute Gasteiger partial charge is 0.384 e. The zero-order valence-electron chi connectivity index (χ0n) is 11.1. The quantitative estimate of drug-likeness (QED) is 0.855. The summed E-state index contributed by atoms with van der Waals surface area (Å²) in [7, 11) is 0. The van der Waals surface area contributed by atoms with Gasteiger partial charge in [0, 0.05) is 0 Å². The van der Waals surface area contributed by atoms with E-state index in [-0.39, 0.29) is 0 Å². The van der Waals surface area contributed by atoms with Crippen molar-refractivity contribution in [1.82, 2.24) is 0 Å². The van der Waals surface area contributed by atoms with Gasteiger partial charge in [0.05, 0.1) is 0 Å². The Morgan fingerprint density at radius 3 is 2.28 bits per heavy atom. The molecule has 0 aliphatic carbocycles. The minimum Gasteiger partial charge on any atom is -0.384 e. The molecule has 0 aliphatic heterocycles. The monoisotopic (exact) mass is 240 g/mol. The van der Waals surface area contributed by atoms with Gasteiger partial charge in [0.15, 0.2) is 0 Å². The van der Waals surface area contributed by atoms with Crippen molar-refractivity contribution in [3.05, 3.63) is 70.8 Å². The Bertz CT molecular complexity index is 499. The molecule has 2 rings (SSSR count). The average molecular weight is 240 g/mol. The molecular weight excluding hydrogens is 220 g/mol. The molecule has 2 aromatic carbocycles. The van der Waals surface area contributed by atoms with Crippen molar-refractivity contribution in [2.75, 3.05) is 0 Å². The van der Waals surface area contributed by atoms with Crippen LogP contribution in [0.3, 0.4) is 0 Å². The SMILES string of the molecule is CCCc1ccc(C(O)c2ccccc2C)cc1. The molecule has 0 saturated carbocycles. The van der Waals surface area contributed by atoms with E-state index in [0.717, 1.165) is 29.5 Å². The topological polar surface area (TPSA) is 20.2 Å². The number of rotatable bonds is 4. The Balaban J connectivity index is 2.23. The summed E-state index contributed by atoms with van der Waals surface area (Å²) in [6, 6.07) is 16.3. The normalized spacial score (nSPS) is 12.4. The first kappa shape index (κ1) is 12.8. The molecule has 0 heterocycles. The Morgan fingerprint density at radius 2 is 1.67 bits per heavy atom. The van der Waals surface area contributed by atoms with Gasteiger partial charge in [0.1, 0.15) is 6.10 Å². The van der Waals surface area contributed by atoms with E-state index in [1.54, 1.807) is 0 Å². The van der Waals surface area contributed by atoms with Crippen LogP contribution in [0, 0.1) is 6.92 Å². The first-order chi connectivity index (χ1) is 8.72. The number of aryl methyl sites for hydroxylation is 2. The Morgan fingerprint density at radius 1 is 1.00 bits per heavy atom. The van der Waals surface area contributed by atoms with E-state index in [1.807, 2.05) is 43.3 Å². The fourth-order valence-electron chi connectivity index (χ4n) is 2.23. The molecule has 1 unspecified atom stereocenters. The molecule has 0 amide bonds. The summed E-state index contributed by atoms with van der Waals surface area (Å²) in [5.41, 5.74) is 4.41. The maximum atomic E-state index is 10.4. The molecule has 0 fully saturated rings.